The molecular weight excluding hydrogens is 252 g/mol. The van der Waals surface area contributed by atoms with Crippen LogP contribution in [-0.4, -0.2) is 19.2 Å². The van der Waals surface area contributed by atoms with Gasteiger partial charge in [0.05, 0.1) is 14.2 Å². The standard InChI is InChI=1S/C16H20N2O2/c1-12(13-5-4-8-17-10-13)18-11-14-6-7-15(19-2)9-16(14)20-3/h4-10,12,18H,11H2,1-3H3/t12-/m0/s1. The van der Waals surface area contributed by atoms with Crippen LogP contribution in [0.15, 0.2) is 42.7 Å². The summed E-state index contributed by atoms with van der Waals surface area (Å²) in [5.74, 6) is 1.63. The minimum Gasteiger partial charge on any atom is -0.497 e. The highest BCUT2D eigenvalue weighted by molar-refractivity contribution is 5.40. The number of hydrogen-bond donors (Lipinski definition) is 1. The number of hydrogen-bond acceptors (Lipinski definition) is 4. The Morgan fingerprint density at radius 1 is 1.20 bits per heavy atom. The van der Waals surface area contributed by atoms with Crippen LogP contribution in [0.5, 0.6) is 11.5 Å². The second-order valence-corrected chi connectivity index (χ2v) is 4.57. The third-order valence-electron chi connectivity index (χ3n) is 3.28. The molecule has 1 atom stereocenters. The van der Waals surface area contributed by atoms with Crippen LogP contribution in [0.1, 0.15) is 24.1 Å². The molecule has 1 aromatic heterocycles. The maximum atomic E-state index is 5.39. The van der Waals surface area contributed by atoms with Crippen molar-refractivity contribution < 1.29 is 9.47 Å². The highest BCUT2D eigenvalue weighted by atomic mass is 16.5. The normalized spacial score (nSPS) is 11.9. The van der Waals surface area contributed by atoms with Crippen molar-refractivity contribution in [3.63, 3.8) is 0 Å². The zero-order valence-corrected chi connectivity index (χ0v) is 12.1. The van der Waals surface area contributed by atoms with Gasteiger partial charge in [0, 0.05) is 36.6 Å². The van der Waals surface area contributed by atoms with Gasteiger partial charge in [-0.25, -0.2) is 0 Å². The van der Waals surface area contributed by atoms with Crippen molar-refractivity contribution in [3.05, 3.63) is 53.9 Å². The molecule has 1 heterocycles. The SMILES string of the molecule is COc1ccc(CN[C@@H](C)c2cccnc2)c(OC)c1. The third-order valence-corrected chi connectivity index (χ3v) is 3.28. The van der Waals surface area contributed by atoms with E-state index < -0.39 is 0 Å². The molecule has 106 valence electrons. The Morgan fingerprint density at radius 3 is 2.70 bits per heavy atom. The van der Waals surface area contributed by atoms with Gasteiger partial charge in [0.25, 0.3) is 0 Å². The van der Waals surface area contributed by atoms with E-state index in [4.69, 9.17) is 9.47 Å². The van der Waals surface area contributed by atoms with Crippen molar-refractivity contribution in [2.75, 3.05) is 14.2 Å². The molecule has 0 aliphatic carbocycles. The first kappa shape index (κ1) is 14.3. The minimum atomic E-state index is 0.232. The third kappa shape index (κ3) is 3.48. The quantitative estimate of drug-likeness (QED) is 0.878. The van der Waals surface area contributed by atoms with Crippen molar-refractivity contribution in [2.45, 2.75) is 19.5 Å². The molecule has 0 radical (unpaired) electrons. The summed E-state index contributed by atoms with van der Waals surface area (Å²) < 4.78 is 10.6. The Bertz CT molecular complexity index is 543. The molecule has 1 aromatic carbocycles. The van der Waals surface area contributed by atoms with Gasteiger partial charge < -0.3 is 14.8 Å². The van der Waals surface area contributed by atoms with Crippen LogP contribution >= 0.6 is 0 Å². The lowest BCUT2D eigenvalue weighted by Gasteiger charge is -2.16. The first-order chi connectivity index (χ1) is 9.74. The van der Waals surface area contributed by atoms with Gasteiger partial charge in [-0.15, -0.1) is 0 Å². The molecule has 20 heavy (non-hydrogen) atoms. The second kappa shape index (κ2) is 6.91. The molecule has 0 amide bonds. The van der Waals surface area contributed by atoms with Gasteiger partial charge in [-0.1, -0.05) is 12.1 Å². The first-order valence-electron chi connectivity index (χ1n) is 6.59. The lowest BCUT2D eigenvalue weighted by atomic mass is 10.1. The average molecular weight is 272 g/mol. The zero-order chi connectivity index (χ0) is 14.4. The number of nitrogens with one attached hydrogen (secondary N) is 1. The number of nitrogens with zero attached hydrogens (tertiary/aromatic N) is 1. The van der Waals surface area contributed by atoms with Crippen LogP contribution in [0.3, 0.4) is 0 Å². The van der Waals surface area contributed by atoms with E-state index in [9.17, 15) is 0 Å². The van der Waals surface area contributed by atoms with Crippen LogP contribution in [0, 0.1) is 0 Å². The predicted molar refractivity (Wildman–Crippen MR) is 79.0 cm³/mol. The van der Waals surface area contributed by atoms with E-state index >= 15 is 0 Å². The van der Waals surface area contributed by atoms with Crippen molar-refractivity contribution in [1.82, 2.24) is 10.3 Å². The van der Waals surface area contributed by atoms with Crippen LogP contribution in [-0.2, 0) is 6.54 Å². The maximum absolute atomic E-state index is 5.39. The summed E-state index contributed by atoms with van der Waals surface area (Å²) in [6.07, 6.45) is 3.66. The lowest BCUT2D eigenvalue weighted by molar-refractivity contribution is 0.389. The first-order valence-corrected chi connectivity index (χ1v) is 6.59. The molecule has 0 unspecified atom stereocenters. The highest BCUT2D eigenvalue weighted by Gasteiger charge is 2.08. The van der Waals surface area contributed by atoms with E-state index in [1.807, 2.05) is 30.5 Å². The van der Waals surface area contributed by atoms with Crippen molar-refractivity contribution in [3.8, 4) is 11.5 Å². The van der Waals surface area contributed by atoms with E-state index in [-0.39, 0.29) is 6.04 Å². The van der Waals surface area contributed by atoms with Crippen LogP contribution in [0.25, 0.3) is 0 Å². The number of benzene rings is 1. The maximum Gasteiger partial charge on any atom is 0.127 e. The fourth-order valence-corrected chi connectivity index (χ4v) is 2.01. The van der Waals surface area contributed by atoms with Gasteiger partial charge >= 0.3 is 0 Å². The average Bonchev–Trinajstić information content (AvgIpc) is 2.53. The summed E-state index contributed by atoms with van der Waals surface area (Å²) in [5, 5.41) is 3.47. The number of aromatic nitrogens is 1. The zero-order valence-electron chi connectivity index (χ0n) is 12.1. The Kier molecular flexibility index (Phi) is 4.96. The largest absolute Gasteiger partial charge is 0.497 e. The summed E-state index contributed by atoms with van der Waals surface area (Å²) in [6.45, 7) is 2.84. The number of pyridine rings is 1. The van der Waals surface area contributed by atoms with Crippen LogP contribution in [0.2, 0.25) is 0 Å². The molecule has 0 bridgehead atoms. The topological polar surface area (TPSA) is 43.4 Å². The molecule has 4 heteroatoms. The van der Waals surface area contributed by atoms with Crippen molar-refractivity contribution in [2.24, 2.45) is 0 Å². The Hall–Kier alpha value is -2.07. The van der Waals surface area contributed by atoms with Gasteiger partial charge in [-0.3, -0.25) is 4.98 Å². The molecule has 0 saturated heterocycles. The molecule has 1 N–H and O–H groups in total. The molecule has 2 aromatic rings. The van der Waals surface area contributed by atoms with Gasteiger partial charge in [0.1, 0.15) is 11.5 Å². The fraction of sp³-hybridized carbons (Fsp3) is 0.312. The number of rotatable bonds is 6. The van der Waals surface area contributed by atoms with E-state index in [1.165, 1.54) is 5.56 Å². The molecule has 0 aliphatic rings. The van der Waals surface area contributed by atoms with Crippen molar-refractivity contribution >= 4 is 0 Å². The molecule has 4 nitrogen and oxygen atoms in total. The molecular formula is C16H20N2O2. The summed E-state index contributed by atoms with van der Waals surface area (Å²) in [4.78, 5) is 4.14. The monoisotopic (exact) mass is 272 g/mol. The van der Waals surface area contributed by atoms with Gasteiger partial charge in [0.15, 0.2) is 0 Å². The van der Waals surface area contributed by atoms with E-state index in [0.717, 1.165) is 23.6 Å². The molecule has 2 rings (SSSR count). The molecule has 0 saturated carbocycles. The smallest absolute Gasteiger partial charge is 0.127 e. The predicted octanol–water partition coefficient (Wildman–Crippen LogP) is 2.95. The number of methoxy groups -OCH3 is 2. The van der Waals surface area contributed by atoms with Gasteiger partial charge in [0.2, 0.25) is 0 Å². The highest BCUT2D eigenvalue weighted by Crippen LogP contribution is 2.25. The minimum absolute atomic E-state index is 0.232. The molecule has 0 spiro atoms. The lowest BCUT2D eigenvalue weighted by Crippen LogP contribution is -2.18. The fourth-order valence-electron chi connectivity index (χ4n) is 2.01. The molecule has 0 fully saturated rings. The summed E-state index contributed by atoms with van der Waals surface area (Å²) >= 11 is 0. The Balaban J connectivity index is 2.03. The van der Waals surface area contributed by atoms with Crippen molar-refractivity contribution in [1.29, 1.82) is 0 Å². The van der Waals surface area contributed by atoms with Gasteiger partial charge in [-0.2, -0.15) is 0 Å². The summed E-state index contributed by atoms with van der Waals surface area (Å²) in [5.41, 5.74) is 2.27. The summed E-state index contributed by atoms with van der Waals surface area (Å²) in [6, 6.07) is 10.1. The Morgan fingerprint density at radius 2 is 2.05 bits per heavy atom. The van der Waals surface area contributed by atoms with E-state index in [2.05, 4.69) is 23.3 Å². The van der Waals surface area contributed by atoms with E-state index in [0.29, 0.717) is 0 Å². The van der Waals surface area contributed by atoms with E-state index in [1.54, 1.807) is 20.4 Å². The summed E-state index contributed by atoms with van der Waals surface area (Å²) in [7, 11) is 3.32. The van der Waals surface area contributed by atoms with Crippen LogP contribution < -0.4 is 14.8 Å². The Labute approximate surface area is 119 Å². The number of ether oxygens (including phenoxy) is 2. The van der Waals surface area contributed by atoms with Crippen LogP contribution in [0.4, 0.5) is 0 Å². The molecule has 0 aliphatic heterocycles. The van der Waals surface area contributed by atoms with Gasteiger partial charge in [-0.05, 0) is 24.6 Å². The second-order valence-electron chi connectivity index (χ2n) is 4.57.